The summed E-state index contributed by atoms with van der Waals surface area (Å²) in [6, 6.07) is 0. The van der Waals surface area contributed by atoms with Gasteiger partial charge in [0, 0.05) is 11.9 Å². The molecule has 0 aromatic carbocycles. The first-order valence-corrected chi connectivity index (χ1v) is 3.62. The van der Waals surface area contributed by atoms with Crippen molar-refractivity contribution in [2.24, 2.45) is 4.99 Å². The lowest BCUT2D eigenvalue weighted by Gasteiger charge is -1.91. The summed E-state index contributed by atoms with van der Waals surface area (Å²) in [5.74, 6) is 0. The Balaban J connectivity index is 3.67. The van der Waals surface area contributed by atoms with Gasteiger partial charge in [-0.05, 0) is 19.4 Å². The lowest BCUT2D eigenvalue weighted by Crippen LogP contribution is -1.86. The molecule has 0 amide bonds. The molecule has 0 saturated carbocycles. The van der Waals surface area contributed by atoms with Crippen molar-refractivity contribution in [3.63, 3.8) is 0 Å². The Morgan fingerprint density at radius 2 is 2.30 bits per heavy atom. The molecule has 0 spiro atoms. The van der Waals surface area contributed by atoms with Crippen molar-refractivity contribution in [3.05, 3.63) is 24.9 Å². The summed E-state index contributed by atoms with van der Waals surface area (Å²) in [6.45, 7) is 7.74. The SMILES string of the molecule is C=CC=CN=C(C)CCC. The molecule has 0 aliphatic heterocycles. The second-order valence-corrected chi connectivity index (χ2v) is 2.19. The highest BCUT2D eigenvalue weighted by Crippen LogP contribution is 1.91. The Morgan fingerprint density at radius 3 is 2.80 bits per heavy atom. The van der Waals surface area contributed by atoms with Gasteiger partial charge in [0.05, 0.1) is 0 Å². The van der Waals surface area contributed by atoms with Crippen LogP contribution in [0.25, 0.3) is 0 Å². The summed E-state index contributed by atoms with van der Waals surface area (Å²) in [7, 11) is 0. The Labute approximate surface area is 63.2 Å². The quantitative estimate of drug-likeness (QED) is 0.417. The molecule has 0 bridgehead atoms. The predicted octanol–water partition coefficient (Wildman–Crippen LogP) is 2.95. The highest BCUT2D eigenvalue weighted by Gasteiger charge is 1.83. The maximum Gasteiger partial charge on any atom is 0.0266 e. The molecule has 0 rings (SSSR count). The molecule has 0 saturated heterocycles. The van der Waals surface area contributed by atoms with Gasteiger partial charge in [0.2, 0.25) is 0 Å². The zero-order valence-electron chi connectivity index (χ0n) is 6.80. The summed E-state index contributed by atoms with van der Waals surface area (Å²) in [5.41, 5.74) is 1.18. The van der Waals surface area contributed by atoms with Crippen LogP contribution in [-0.2, 0) is 0 Å². The van der Waals surface area contributed by atoms with Crippen molar-refractivity contribution in [1.29, 1.82) is 0 Å². The standard InChI is InChI=1S/C9H15N/c1-4-6-8-10-9(3)7-5-2/h4,6,8H,1,5,7H2,2-3H3. The smallest absolute Gasteiger partial charge is 0.0266 e. The monoisotopic (exact) mass is 137 g/mol. The van der Waals surface area contributed by atoms with E-state index in [-0.39, 0.29) is 0 Å². The summed E-state index contributed by atoms with van der Waals surface area (Å²) in [5, 5.41) is 0. The molecule has 0 N–H and O–H groups in total. The van der Waals surface area contributed by atoms with Crippen molar-refractivity contribution in [3.8, 4) is 0 Å². The summed E-state index contributed by atoms with van der Waals surface area (Å²) in [4.78, 5) is 4.17. The Hall–Kier alpha value is -0.850. The van der Waals surface area contributed by atoms with Crippen LogP contribution in [-0.4, -0.2) is 5.71 Å². The molecule has 0 fully saturated rings. The molecule has 1 heteroatoms. The fourth-order valence-corrected chi connectivity index (χ4v) is 0.657. The van der Waals surface area contributed by atoms with E-state index in [4.69, 9.17) is 0 Å². The van der Waals surface area contributed by atoms with Crippen LogP contribution >= 0.6 is 0 Å². The molecule has 0 aliphatic rings. The normalized spacial score (nSPS) is 12.4. The Morgan fingerprint density at radius 1 is 1.60 bits per heavy atom. The lowest BCUT2D eigenvalue weighted by atomic mass is 10.2. The number of allylic oxidation sites excluding steroid dienone is 2. The van der Waals surface area contributed by atoms with Gasteiger partial charge in [-0.1, -0.05) is 26.0 Å². The number of hydrogen-bond donors (Lipinski definition) is 0. The maximum absolute atomic E-state index is 4.17. The Bertz CT molecular complexity index is 143. The van der Waals surface area contributed by atoms with E-state index in [1.54, 1.807) is 12.3 Å². The first kappa shape index (κ1) is 9.15. The number of rotatable bonds is 4. The zero-order valence-corrected chi connectivity index (χ0v) is 6.80. The van der Waals surface area contributed by atoms with E-state index in [0.29, 0.717) is 0 Å². The van der Waals surface area contributed by atoms with E-state index in [1.807, 2.05) is 13.0 Å². The van der Waals surface area contributed by atoms with Crippen LogP contribution < -0.4 is 0 Å². The van der Waals surface area contributed by atoms with Crippen LogP contribution in [0, 0.1) is 0 Å². The molecule has 0 heterocycles. The maximum atomic E-state index is 4.17. The van der Waals surface area contributed by atoms with Crippen LogP contribution in [0.5, 0.6) is 0 Å². The third-order valence-electron chi connectivity index (χ3n) is 1.13. The van der Waals surface area contributed by atoms with Gasteiger partial charge in [-0.2, -0.15) is 0 Å². The van der Waals surface area contributed by atoms with Crippen LogP contribution in [0.1, 0.15) is 26.7 Å². The fraction of sp³-hybridized carbons (Fsp3) is 0.444. The van der Waals surface area contributed by atoms with E-state index in [9.17, 15) is 0 Å². The van der Waals surface area contributed by atoms with Crippen LogP contribution in [0.15, 0.2) is 29.9 Å². The van der Waals surface area contributed by atoms with Crippen LogP contribution in [0.2, 0.25) is 0 Å². The van der Waals surface area contributed by atoms with Crippen molar-refractivity contribution in [2.75, 3.05) is 0 Å². The molecular formula is C9H15N. The van der Waals surface area contributed by atoms with Gasteiger partial charge < -0.3 is 0 Å². The molecule has 0 unspecified atom stereocenters. The minimum absolute atomic E-state index is 1.08. The number of nitrogens with zero attached hydrogens (tertiary/aromatic N) is 1. The van der Waals surface area contributed by atoms with Gasteiger partial charge in [0.1, 0.15) is 0 Å². The van der Waals surface area contributed by atoms with Crippen LogP contribution in [0.3, 0.4) is 0 Å². The molecule has 0 atom stereocenters. The van der Waals surface area contributed by atoms with Gasteiger partial charge >= 0.3 is 0 Å². The third kappa shape index (κ3) is 5.29. The molecule has 1 nitrogen and oxygen atoms in total. The lowest BCUT2D eigenvalue weighted by molar-refractivity contribution is 0.987. The fourth-order valence-electron chi connectivity index (χ4n) is 0.657. The Kier molecular flexibility index (Phi) is 5.74. The highest BCUT2D eigenvalue weighted by atomic mass is 14.7. The average molecular weight is 137 g/mol. The van der Waals surface area contributed by atoms with E-state index < -0.39 is 0 Å². The van der Waals surface area contributed by atoms with E-state index in [0.717, 1.165) is 12.8 Å². The average Bonchev–Trinajstić information content (AvgIpc) is 1.89. The second kappa shape index (κ2) is 6.27. The van der Waals surface area contributed by atoms with E-state index >= 15 is 0 Å². The predicted molar refractivity (Wildman–Crippen MR) is 47.4 cm³/mol. The van der Waals surface area contributed by atoms with Crippen molar-refractivity contribution < 1.29 is 0 Å². The van der Waals surface area contributed by atoms with Crippen molar-refractivity contribution in [2.45, 2.75) is 26.7 Å². The molecular weight excluding hydrogens is 122 g/mol. The highest BCUT2D eigenvalue weighted by molar-refractivity contribution is 5.82. The minimum Gasteiger partial charge on any atom is -0.266 e. The summed E-state index contributed by atoms with van der Waals surface area (Å²) < 4.78 is 0. The molecule has 56 valence electrons. The van der Waals surface area contributed by atoms with Gasteiger partial charge in [0.25, 0.3) is 0 Å². The van der Waals surface area contributed by atoms with Crippen LogP contribution in [0.4, 0.5) is 0 Å². The number of aliphatic imine (C=N–C) groups is 1. The molecule has 0 aliphatic carbocycles. The largest absolute Gasteiger partial charge is 0.266 e. The first-order valence-electron chi connectivity index (χ1n) is 3.62. The molecule has 10 heavy (non-hydrogen) atoms. The topological polar surface area (TPSA) is 12.4 Å². The second-order valence-electron chi connectivity index (χ2n) is 2.19. The van der Waals surface area contributed by atoms with Crippen molar-refractivity contribution >= 4 is 5.71 Å². The van der Waals surface area contributed by atoms with Gasteiger partial charge in [0.15, 0.2) is 0 Å². The third-order valence-corrected chi connectivity index (χ3v) is 1.13. The zero-order chi connectivity index (χ0) is 7.82. The summed E-state index contributed by atoms with van der Waals surface area (Å²) >= 11 is 0. The minimum atomic E-state index is 1.08. The number of hydrogen-bond acceptors (Lipinski definition) is 1. The molecule has 0 radical (unpaired) electrons. The van der Waals surface area contributed by atoms with E-state index in [1.165, 1.54) is 5.71 Å². The summed E-state index contributed by atoms with van der Waals surface area (Å²) in [6.07, 6.45) is 7.58. The van der Waals surface area contributed by atoms with Gasteiger partial charge in [-0.25, -0.2) is 0 Å². The van der Waals surface area contributed by atoms with Gasteiger partial charge in [-0.15, -0.1) is 0 Å². The van der Waals surface area contributed by atoms with E-state index in [2.05, 4.69) is 18.5 Å². The van der Waals surface area contributed by atoms with Gasteiger partial charge in [-0.3, -0.25) is 4.99 Å². The van der Waals surface area contributed by atoms with Crippen molar-refractivity contribution in [1.82, 2.24) is 0 Å². The molecule has 0 aromatic heterocycles. The molecule has 0 aromatic rings. The first-order chi connectivity index (χ1) is 4.81.